The summed E-state index contributed by atoms with van der Waals surface area (Å²) in [4.78, 5) is 12.8. The van der Waals surface area contributed by atoms with Crippen molar-refractivity contribution in [2.24, 2.45) is 0 Å². The van der Waals surface area contributed by atoms with Crippen LogP contribution in [0.25, 0.3) is 0 Å². The van der Waals surface area contributed by atoms with E-state index in [0.717, 1.165) is 32.1 Å². The van der Waals surface area contributed by atoms with Gasteiger partial charge in [0.05, 0.1) is 19.3 Å². The van der Waals surface area contributed by atoms with Crippen molar-refractivity contribution in [3.8, 4) is 0 Å². The van der Waals surface area contributed by atoms with Crippen LogP contribution in [0.3, 0.4) is 0 Å². The third-order valence-corrected chi connectivity index (χ3v) is 9.59. The Hall–Kier alpha value is -0.770. The molecule has 0 saturated carbocycles. The minimum atomic E-state index is -1.48. The minimum absolute atomic E-state index is 0.0180. The zero-order chi connectivity index (χ0) is 33.7. The van der Waals surface area contributed by atoms with Gasteiger partial charge in [0, 0.05) is 6.42 Å². The van der Waals surface area contributed by atoms with Gasteiger partial charge in [-0.2, -0.15) is 0 Å². The second-order valence-electron chi connectivity index (χ2n) is 14.0. The Kier molecular flexibility index (Phi) is 28.5. The summed E-state index contributed by atoms with van der Waals surface area (Å²) in [6.45, 7) is 4.15. The summed E-state index contributed by atoms with van der Waals surface area (Å²) in [6.07, 6.45) is 26.4. The molecule has 0 bridgehead atoms. The average molecular weight is 658 g/mol. The molecular weight excluding hydrogens is 582 g/mol. The van der Waals surface area contributed by atoms with Crippen molar-refractivity contribution in [2.75, 3.05) is 13.2 Å². The van der Waals surface area contributed by atoms with Gasteiger partial charge >= 0.3 is 0 Å². The van der Waals surface area contributed by atoms with Crippen LogP contribution < -0.4 is 5.32 Å². The number of carbonyl (C=O) groups excluding carboxylic acids is 1. The summed E-state index contributed by atoms with van der Waals surface area (Å²) in [6, 6.07) is -0.232. The van der Waals surface area contributed by atoms with Crippen LogP contribution in [0.2, 0.25) is 0 Å². The first-order valence-corrected chi connectivity index (χ1v) is 19.7. The fourth-order valence-electron chi connectivity index (χ4n) is 6.45. The molecule has 1 amide bonds. The average Bonchev–Trinajstić information content (AvgIpc) is 3.05. The Labute approximate surface area is 282 Å². The van der Waals surface area contributed by atoms with Gasteiger partial charge in [0.2, 0.25) is 5.91 Å². The van der Waals surface area contributed by atoms with Gasteiger partial charge in [-0.05, 0) is 12.8 Å². The number of hydrogen-bond donors (Lipinski definition) is 5. The third kappa shape index (κ3) is 22.0. The quantitative estimate of drug-likeness (QED) is 0.0466. The molecule has 0 aliphatic carbocycles. The van der Waals surface area contributed by atoms with Gasteiger partial charge in [0.25, 0.3) is 0 Å². The highest BCUT2D eigenvalue weighted by Crippen LogP contribution is 2.23. The van der Waals surface area contributed by atoms with Crippen LogP contribution in [0.4, 0.5) is 0 Å². The lowest BCUT2D eigenvalue weighted by Gasteiger charge is -2.40. The van der Waals surface area contributed by atoms with E-state index >= 15 is 0 Å². The van der Waals surface area contributed by atoms with E-state index in [2.05, 4.69) is 19.2 Å². The molecule has 8 nitrogen and oxygen atoms in total. The van der Waals surface area contributed by atoms with E-state index in [1.165, 1.54) is 135 Å². The summed E-state index contributed by atoms with van der Waals surface area (Å²) < 4.78 is 11.3. The molecule has 0 spiro atoms. The highest BCUT2D eigenvalue weighted by molar-refractivity contribution is 5.76. The first-order chi connectivity index (χ1) is 22.4. The molecule has 0 aromatic heterocycles. The summed E-state index contributed by atoms with van der Waals surface area (Å²) >= 11 is 0. The molecule has 1 heterocycles. The Morgan fingerprint density at radius 2 is 1.02 bits per heavy atom. The number of hydrogen-bond acceptors (Lipinski definition) is 7. The summed E-state index contributed by atoms with van der Waals surface area (Å²) in [5, 5.41) is 43.2. The number of nitrogens with one attached hydrogen (secondary N) is 1. The lowest BCUT2D eigenvalue weighted by atomic mass is 9.99. The van der Waals surface area contributed by atoms with Crippen molar-refractivity contribution in [2.45, 2.75) is 224 Å². The number of amides is 1. The molecule has 5 N–H and O–H groups in total. The lowest BCUT2D eigenvalue weighted by molar-refractivity contribution is -0.302. The molecule has 1 fully saturated rings. The highest BCUT2D eigenvalue weighted by atomic mass is 16.7. The van der Waals surface area contributed by atoms with E-state index in [9.17, 15) is 25.2 Å². The number of aliphatic hydroxyl groups is 4. The van der Waals surface area contributed by atoms with E-state index in [1.807, 2.05) is 0 Å². The van der Waals surface area contributed by atoms with E-state index in [4.69, 9.17) is 9.47 Å². The van der Waals surface area contributed by atoms with Crippen molar-refractivity contribution in [3.63, 3.8) is 0 Å². The van der Waals surface area contributed by atoms with Crippen molar-refractivity contribution in [1.29, 1.82) is 0 Å². The smallest absolute Gasteiger partial charge is 0.220 e. The van der Waals surface area contributed by atoms with E-state index in [0.29, 0.717) is 6.42 Å². The molecule has 0 aromatic rings. The van der Waals surface area contributed by atoms with Crippen molar-refractivity contribution in [3.05, 3.63) is 0 Å². The van der Waals surface area contributed by atoms with Crippen molar-refractivity contribution in [1.82, 2.24) is 5.32 Å². The predicted molar refractivity (Wildman–Crippen MR) is 188 cm³/mol. The number of rotatable bonds is 32. The van der Waals surface area contributed by atoms with Crippen LogP contribution in [-0.4, -0.2) is 76.3 Å². The molecule has 0 aromatic carbocycles. The first kappa shape index (κ1) is 43.3. The van der Waals surface area contributed by atoms with E-state index < -0.39 is 37.3 Å². The van der Waals surface area contributed by atoms with Crippen LogP contribution in [0.5, 0.6) is 0 Å². The molecule has 1 aliphatic heterocycles. The van der Waals surface area contributed by atoms with Crippen LogP contribution in [0, 0.1) is 0 Å². The van der Waals surface area contributed by atoms with Gasteiger partial charge in [-0.3, -0.25) is 4.79 Å². The number of ether oxygens (including phenoxy) is 2. The van der Waals surface area contributed by atoms with E-state index in [1.54, 1.807) is 0 Å². The molecule has 1 rings (SSSR count). The maximum Gasteiger partial charge on any atom is 0.220 e. The SMILES string of the molecule is CCCCCCCCCCCCCCCC(=O)N[C@H](CCCCCCCCCCCCCC)CO[C@@H]1O[C@H](CO)[C@H](O)[C@H](O)[C@H]1O. The molecule has 6 atom stereocenters. The molecule has 8 heteroatoms. The van der Waals surface area contributed by atoms with Crippen molar-refractivity contribution < 1.29 is 34.7 Å². The van der Waals surface area contributed by atoms with Gasteiger partial charge < -0.3 is 35.2 Å². The molecule has 1 aliphatic rings. The van der Waals surface area contributed by atoms with Crippen LogP contribution in [0.1, 0.15) is 187 Å². The Balaban J connectivity index is 2.32. The van der Waals surface area contributed by atoms with Crippen LogP contribution >= 0.6 is 0 Å². The van der Waals surface area contributed by atoms with Gasteiger partial charge in [0.15, 0.2) is 6.29 Å². The topological polar surface area (TPSA) is 128 Å². The zero-order valence-corrected chi connectivity index (χ0v) is 30.0. The third-order valence-electron chi connectivity index (χ3n) is 9.59. The number of unbranched alkanes of at least 4 members (excludes halogenated alkanes) is 23. The monoisotopic (exact) mass is 658 g/mol. The standard InChI is InChI=1S/C38H75NO7/c1-3-5-7-9-11-13-15-17-19-21-23-25-27-29-34(41)39-32(28-26-24-22-20-18-16-14-12-10-8-6-4-2)31-45-38-37(44)36(43)35(42)33(30-40)46-38/h32-33,35-38,40,42-44H,3-31H2,1-2H3,(H,39,41)/t32-,33-,35+,36+,37-,38-/m1/s1. The largest absolute Gasteiger partial charge is 0.394 e. The Morgan fingerprint density at radius 1 is 0.609 bits per heavy atom. The molecule has 1 saturated heterocycles. The zero-order valence-electron chi connectivity index (χ0n) is 30.0. The summed E-state index contributed by atoms with van der Waals surface area (Å²) in [5.74, 6) is 0.0180. The molecule has 0 radical (unpaired) electrons. The molecule has 0 unspecified atom stereocenters. The van der Waals surface area contributed by atoms with Crippen molar-refractivity contribution >= 4 is 5.91 Å². The maximum absolute atomic E-state index is 12.8. The van der Waals surface area contributed by atoms with Crippen LogP contribution in [-0.2, 0) is 14.3 Å². The van der Waals surface area contributed by atoms with Gasteiger partial charge in [-0.25, -0.2) is 0 Å². The lowest BCUT2D eigenvalue weighted by Crippen LogP contribution is -2.59. The highest BCUT2D eigenvalue weighted by Gasteiger charge is 2.44. The molecular formula is C38H75NO7. The molecule has 46 heavy (non-hydrogen) atoms. The van der Waals surface area contributed by atoms with E-state index in [-0.39, 0.29) is 18.6 Å². The minimum Gasteiger partial charge on any atom is -0.394 e. The molecule has 274 valence electrons. The van der Waals surface area contributed by atoms with Crippen LogP contribution in [0.15, 0.2) is 0 Å². The number of carbonyl (C=O) groups is 1. The predicted octanol–water partition coefficient (Wildman–Crippen LogP) is 7.86. The Bertz CT molecular complexity index is 679. The Morgan fingerprint density at radius 3 is 1.46 bits per heavy atom. The second-order valence-corrected chi connectivity index (χ2v) is 14.0. The van der Waals surface area contributed by atoms with Gasteiger partial charge in [-0.15, -0.1) is 0 Å². The summed E-state index contributed by atoms with van der Waals surface area (Å²) in [5.41, 5.74) is 0. The van der Waals surface area contributed by atoms with Gasteiger partial charge in [-0.1, -0.05) is 168 Å². The fraction of sp³-hybridized carbons (Fsp3) is 0.974. The van der Waals surface area contributed by atoms with Gasteiger partial charge in [0.1, 0.15) is 24.4 Å². The maximum atomic E-state index is 12.8. The number of aliphatic hydroxyl groups excluding tert-OH is 4. The second kappa shape index (κ2) is 30.3. The normalized spacial score (nSPS) is 22.3. The first-order valence-electron chi connectivity index (χ1n) is 19.7. The fourth-order valence-corrected chi connectivity index (χ4v) is 6.45. The summed E-state index contributed by atoms with van der Waals surface area (Å²) in [7, 11) is 0.